The molecule has 1 saturated heterocycles. The normalized spacial score (nSPS) is 18.2. The summed E-state index contributed by atoms with van der Waals surface area (Å²) in [6.45, 7) is 3.49. The van der Waals surface area contributed by atoms with E-state index in [2.05, 4.69) is 10.6 Å². The number of ether oxygens (including phenoxy) is 1. The molecule has 11 heteroatoms. The van der Waals surface area contributed by atoms with Crippen molar-refractivity contribution in [2.45, 2.75) is 51.2 Å². The van der Waals surface area contributed by atoms with Gasteiger partial charge in [0.05, 0.1) is 0 Å². The summed E-state index contributed by atoms with van der Waals surface area (Å²) in [4.78, 5) is 38.9. The Hall–Kier alpha value is -2.42. The maximum atomic E-state index is 12.7. The molecule has 0 saturated carbocycles. The largest absolute Gasteiger partial charge is 0.445 e. The Labute approximate surface area is 182 Å². The summed E-state index contributed by atoms with van der Waals surface area (Å²) < 4.78 is 27.4. The second kappa shape index (κ2) is 11.3. The summed E-state index contributed by atoms with van der Waals surface area (Å²) >= 11 is 0. The predicted molar refractivity (Wildman–Crippen MR) is 113 cm³/mol. The lowest BCUT2D eigenvalue weighted by atomic mass is 10.2. The highest BCUT2D eigenvalue weighted by atomic mass is 31.2. The van der Waals surface area contributed by atoms with Gasteiger partial charge in [-0.2, -0.15) is 0 Å². The van der Waals surface area contributed by atoms with Gasteiger partial charge in [-0.05, 0) is 32.3 Å². The Bertz CT molecular complexity index is 812. The summed E-state index contributed by atoms with van der Waals surface area (Å²) in [6, 6.07) is 7.61. The second-order valence-electron chi connectivity index (χ2n) is 7.21. The van der Waals surface area contributed by atoms with Crippen LogP contribution in [0.3, 0.4) is 0 Å². The highest BCUT2D eigenvalue weighted by molar-refractivity contribution is 7.54. The number of hydrogen-bond acceptors (Lipinski definition) is 7. The zero-order valence-corrected chi connectivity index (χ0v) is 19.1. The number of likely N-dealkylation sites (tertiary alicyclic amines) is 1. The van der Waals surface area contributed by atoms with Gasteiger partial charge in [0.25, 0.3) is 0 Å². The molecule has 1 aliphatic heterocycles. The van der Waals surface area contributed by atoms with E-state index >= 15 is 0 Å². The minimum absolute atomic E-state index is 0.111. The Morgan fingerprint density at radius 2 is 1.77 bits per heavy atom. The molecule has 1 aromatic rings. The molecule has 0 aromatic heterocycles. The predicted octanol–water partition coefficient (Wildman–Crippen LogP) is 2.24. The van der Waals surface area contributed by atoms with Gasteiger partial charge < -0.3 is 24.4 Å². The van der Waals surface area contributed by atoms with Gasteiger partial charge in [0.2, 0.25) is 11.8 Å². The second-order valence-corrected chi connectivity index (χ2v) is 9.80. The Morgan fingerprint density at radius 3 is 2.39 bits per heavy atom. The zero-order chi connectivity index (χ0) is 23.0. The van der Waals surface area contributed by atoms with Gasteiger partial charge in [-0.1, -0.05) is 30.3 Å². The standard InChI is InChI=1S/C20H30N3O7P/c1-14(18(24)22-15(2)31(27,28-3)29-4)21-19(25)17-11-8-12-23(17)20(26)30-13-16-9-6-5-7-10-16/h5-7,9-10,14-15,17H,8,11-13H2,1-4H3,(H,21,25)(H,22,24)/t14-,15+,17-/m0/s1. The summed E-state index contributed by atoms with van der Waals surface area (Å²) in [5.74, 6) is -1.90. The first-order valence-corrected chi connectivity index (χ1v) is 11.6. The molecule has 1 aliphatic rings. The van der Waals surface area contributed by atoms with Crippen molar-refractivity contribution in [3.8, 4) is 0 Å². The average Bonchev–Trinajstić information content (AvgIpc) is 3.27. The third kappa shape index (κ3) is 6.53. The Kier molecular flexibility index (Phi) is 9.03. The SMILES string of the molecule is COP(=O)(OC)[C@H](C)NC(=O)[C@H](C)NC(=O)[C@@H]1CCCN1C(=O)OCc1ccccc1. The van der Waals surface area contributed by atoms with Crippen LogP contribution < -0.4 is 10.6 Å². The van der Waals surface area contributed by atoms with Crippen LogP contribution in [0.4, 0.5) is 4.79 Å². The number of nitrogens with zero attached hydrogens (tertiary/aromatic N) is 1. The number of carbonyl (C=O) groups excluding carboxylic acids is 3. The lowest BCUT2D eigenvalue weighted by Gasteiger charge is -2.26. The van der Waals surface area contributed by atoms with E-state index < -0.39 is 43.4 Å². The fourth-order valence-corrected chi connectivity index (χ4v) is 4.30. The van der Waals surface area contributed by atoms with Crippen LogP contribution in [0.2, 0.25) is 0 Å². The molecule has 172 valence electrons. The number of amides is 3. The zero-order valence-electron chi connectivity index (χ0n) is 18.2. The van der Waals surface area contributed by atoms with E-state index in [1.165, 1.54) is 33.0 Å². The summed E-state index contributed by atoms with van der Waals surface area (Å²) in [6.07, 6.45) is 0.550. The van der Waals surface area contributed by atoms with E-state index in [9.17, 15) is 18.9 Å². The van der Waals surface area contributed by atoms with E-state index in [0.29, 0.717) is 19.4 Å². The molecule has 1 fully saturated rings. The monoisotopic (exact) mass is 455 g/mol. The van der Waals surface area contributed by atoms with Crippen molar-refractivity contribution in [2.75, 3.05) is 20.8 Å². The van der Waals surface area contributed by atoms with Crippen molar-refractivity contribution in [2.24, 2.45) is 0 Å². The Balaban J connectivity index is 1.90. The van der Waals surface area contributed by atoms with Crippen molar-refractivity contribution >= 4 is 25.5 Å². The maximum Gasteiger partial charge on any atom is 0.410 e. The van der Waals surface area contributed by atoms with Gasteiger partial charge in [-0.3, -0.25) is 19.1 Å². The van der Waals surface area contributed by atoms with Gasteiger partial charge in [-0.25, -0.2) is 4.79 Å². The van der Waals surface area contributed by atoms with Crippen LogP contribution in [0.1, 0.15) is 32.3 Å². The first-order chi connectivity index (χ1) is 14.7. The van der Waals surface area contributed by atoms with Crippen molar-refractivity contribution in [3.05, 3.63) is 35.9 Å². The lowest BCUT2D eigenvalue weighted by molar-refractivity contribution is -0.130. The number of nitrogens with one attached hydrogen (secondary N) is 2. The van der Waals surface area contributed by atoms with Crippen LogP contribution in [0, 0.1) is 0 Å². The van der Waals surface area contributed by atoms with Crippen LogP contribution in [-0.2, 0) is 34.5 Å². The highest BCUT2D eigenvalue weighted by Crippen LogP contribution is 2.50. The fourth-order valence-electron chi connectivity index (χ4n) is 3.24. The minimum atomic E-state index is -3.49. The molecule has 1 heterocycles. The molecular formula is C20H30N3O7P. The molecule has 0 bridgehead atoms. The van der Waals surface area contributed by atoms with Crippen molar-refractivity contribution in [3.63, 3.8) is 0 Å². The summed E-state index contributed by atoms with van der Waals surface area (Å²) in [7, 11) is -1.04. The summed E-state index contributed by atoms with van der Waals surface area (Å²) in [5, 5.41) is 5.12. The van der Waals surface area contributed by atoms with Gasteiger partial charge in [0.1, 0.15) is 24.5 Å². The van der Waals surface area contributed by atoms with Crippen molar-refractivity contribution < 1.29 is 32.7 Å². The van der Waals surface area contributed by atoms with Crippen LogP contribution in [0.5, 0.6) is 0 Å². The number of carbonyl (C=O) groups is 3. The van der Waals surface area contributed by atoms with E-state index in [4.69, 9.17) is 13.8 Å². The van der Waals surface area contributed by atoms with Gasteiger partial charge in [0.15, 0.2) is 0 Å². The van der Waals surface area contributed by atoms with Crippen molar-refractivity contribution in [1.82, 2.24) is 15.5 Å². The fraction of sp³-hybridized carbons (Fsp3) is 0.550. The van der Waals surface area contributed by atoms with Crippen molar-refractivity contribution in [1.29, 1.82) is 0 Å². The quantitative estimate of drug-likeness (QED) is 0.548. The number of hydrogen-bond donors (Lipinski definition) is 2. The van der Waals surface area contributed by atoms with Crippen LogP contribution in [0.15, 0.2) is 30.3 Å². The first-order valence-electron chi connectivity index (χ1n) is 10.0. The molecule has 2 rings (SSSR count). The minimum Gasteiger partial charge on any atom is -0.445 e. The average molecular weight is 455 g/mol. The summed E-state index contributed by atoms with van der Waals surface area (Å²) in [5.41, 5.74) is 0.847. The van der Waals surface area contributed by atoms with Gasteiger partial charge >= 0.3 is 13.7 Å². The molecule has 2 N–H and O–H groups in total. The Morgan fingerprint density at radius 1 is 1.13 bits per heavy atom. The molecule has 0 aliphatic carbocycles. The molecule has 3 atom stereocenters. The van der Waals surface area contributed by atoms with Gasteiger partial charge in [-0.15, -0.1) is 0 Å². The lowest BCUT2D eigenvalue weighted by Crippen LogP contribution is -2.53. The van der Waals surface area contributed by atoms with Gasteiger partial charge in [0, 0.05) is 20.8 Å². The number of rotatable bonds is 9. The van der Waals surface area contributed by atoms with E-state index in [0.717, 1.165) is 5.56 Å². The third-order valence-corrected chi connectivity index (χ3v) is 7.18. The third-order valence-electron chi connectivity index (χ3n) is 5.08. The van der Waals surface area contributed by atoms with E-state index in [1.807, 2.05) is 30.3 Å². The molecule has 1 aromatic carbocycles. The van der Waals surface area contributed by atoms with Crippen LogP contribution in [0.25, 0.3) is 0 Å². The molecule has 0 spiro atoms. The highest BCUT2D eigenvalue weighted by Gasteiger charge is 2.37. The molecule has 3 amide bonds. The van der Waals surface area contributed by atoms with Crippen LogP contribution >= 0.6 is 7.60 Å². The molecule has 0 radical (unpaired) electrons. The molecule has 31 heavy (non-hydrogen) atoms. The maximum absolute atomic E-state index is 12.7. The topological polar surface area (TPSA) is 123 Å². The van der Waals surface area contributed by atoms with E-state index in [-0.39, 0.29) is 6.61 Å². The molecular weight excluding hydrogens is 425 g/mol. The number of benzene rings is 1. The molecule has 10 nitrogen and oxygen atoms in total. The smallest absolute Gasteiger partial charge is 0.410 e. The first kappa shape index (κ1) is 24.8. The van der Waals surface area contributed by atoms with E-state index in [1.54, 1.807) is 0 Å². The molecule has 0 unspecified atom stereocenters. The van der Waals surface area contributed by atoms with Crippen LogP contribution in [-0.4, -0.2) is 61.4 Å².